The van der Waals surface area contributed by atoms with Crippen molar-refractivity contribution < 1.29 is 13.2 Å². The maximum atomic E-state index is 13.9. The van der Waals surface area contributed by atoms with Gasteiger partial charge in [-0.15, -0.1) is 0 Å². The van der Waals surface area contributed by atoms with Gasteiger partial charge in [-0.05, 0) is 40.0 Å². The molecule has 22 heavy (non-hydrogen) atoms. The third kappa shape index (κ3) is 3.14. The van der Waals surface area contributed by atoms with Crippen LogP contribution in [-0.4, -0.2) is 4.98 Å². The molecule has 2 atom stereocenters. The molecule has 0 N–H and O–H groups in total. The van der Waals surface area contributed by atoms with Crippen molar-refractivity contribution in [2.24, 2.45) is 0 Å². The fraction of sp³-hybridized carbons (Fsp3) is 0.188. The van der Waals surface area contributed by atoms with Crippen LogP contribution in [0.25, 0.3) is 0 Å². The maximum absolute atomic E-state index is 13.9. The molecule has 1 heterocycles. The van der Waals surface area contributed by atoms with Gasteiger partial charge in [0, 0.05) is 11.5 Å². The molecule has 0 saturated carbocycles. The number of benzene rings is 1. The SMILES string of the molecule is [CH2]CC(c1c(F)cncc1F)C(C#N)c1ccc(F)c(Br)c1. The van der Waals surface area contributed by atoms with E-state index in [1.165, 1.54) is 18.2 Å². The molecule has 2 rings (SSSR count). The molecule has 6 heteroatoms. The minimum Gasteiger partial charge on any atom is -0.259 e. The smallest absolute Gasteiger partial charge is 0.147 e. The Bertz CT molecular complexity index is 708. The van der Waals surface area contributed by atoms with Crippen molar-refractivity contribution in [3.63, 3.8) is 0 Å². The molecule has 2 unspecified atom stereocenters. The molecule has 2 nitrogen and oxygen atoms in total. The summed E-state index contributed by atoms with van der Waals surface area (Å²) in [5.41, 5.74) is 0.233. The van der Waals surface area contributed by atoms with E-state index in [-0.39, 0.29) is 16.5 Å². The van der Waals surface area contributed by atoms with Crippen LogP contribution in [0, 0.1) is 35.7 Å². The highest BCUT2D eigenvalue weighted by Gasteiger charge is 2.29. The van der Waals surface area contributed by atoms with Crippen LogP contribution in [0.15, 0.2) is 35.1 Å². The molecule has 0 aliphatic heterocycles. The van der Waals surface area contributed by atoms with Crippen LogP contribution in [0.3, 0.4) is 0 Å². The van der Waals surface area contributed by atoms with Gasteiger partial charge in [0.15, 0.2) is 0 Å². The normalized spacial score (nSPS) is 13.5. The number of hydrogen-bond acceptors (Lipinski definition) is 2. The van der Waals surface area contributed by atoms with Crippen molar-refractivity contribution in [1.29, 1.82) is 5.26 Å². The number of nitriles is 1. The Kier molecular flexibility index (Phi) is 5.19. The predicted molar refractivity (Wildman–Crippen MR) is 79.3 cm³/mol. The minimum atomic E-state index is -0.860. The first-order valence-corrected chi connectivity index (χ1v) is 7.21. The van der Waals surface area contributed by atoms with E-state index >= 15 is 0 Å². The first kappa shape index (κ1) is 16.5. The largest absolute Gasteiger partial charge is 0.259 e. The minimum absolute atomic E-state index is 0.102. The van der Waals surface area contributed by atoms with Crippen molar-refractivity contribution >= 4 is 15.9 Å². The summed E-state index contributed by atoms with van der Waals surface area (Å²) in [6.45, 7) is 3.69. The Morgan fingerprint density at radius 2 is 1.82 bits per heavy atom. The van der Waals surface area contributed by atoms with Crippen LogP contribution < -0.4 is 0 Å². The number of rotatable bonds is 4. The van der Waals surface area contributed by atoms with E-state index in [0.717, 1.165) is 12.4 Å². The second-order valence-corrected chi connectivity index (χ2v) is 5.55. The lowest BCUT2D eigenvalue weighted by Crippen LogP contribution is -2.13. The number of pyridine rings is 1. The van der Waals surface area contributed by atoms with Crippen LogP contribution in [-0.2, 0) is 0 Å². The van der Waals surface area contributed by atoms with Gasteiger partial charge in [0.25, 0.3) is 0 Å². The summed E-state index contributed by atoms with van der Waals surface area (Å²) in [5, 5.41) is 9.44. The Labute approximate surface area is 134 Å². The molecule has 0 spiro atoms. The van der Waals surface area contributed by atoms with Gasteiger partial charge in [-0.1, -0.05) is 13.0 Å². The monoisotopic (exact) mass is 367 g/mol. The van der Waals surface area contributed by atoms with Gasteiger partial charge in [-0.25, -0.2) is 13.2 Å². The average molecular weight is 368 g/mol. The van der Waals surface area contributed by atoms with Crippen molar-refractivity contribution in [1.82, 2.24) is 4.98 Å². The summed E-state index contributed by atoms with van der Waals surface area (Å²) < 4.78 is 41.4. The Balaban J connectivity index is 2.52. The van der Waals surface area contributed by atoms with E-state index in [2.05, 4.69) is 27.8 Å². The van der Waals surface area contributed by atoms with Crippen LogP contribution in [0.5, 0.6) is 0 Å². The molecule has 0 saturated heterocycles. The summed E-state index contributed by atoms with van der Waals surface area (Å²) in [4.78, 5) is 3.43. The molecule has 0 fully saturated rings. The average Bonchev–Trinajstić information content (AvgIpc) is 2.49. The zero-order valence-electron chi connectivity index (χ0n) is 11.4. The molecule has 0 bridgehead atoms. The molecular formula is C16H11BrF3N2. The third-order valence-electron chi connectivity index (χ3n) is 3.42. The van der Waals surface area contributed by atoms with Crippen LogP contribution in [0.1, 0.15) is 29.4 Å². The summed E-state index contributed by atoms with van der Waals surface area (Å²) in [5.74, 6) is -3.79. The summed E-state index contributed by atoms with van der Waals surface area (Å²) in [7, 11) is 0. The Morgan fingerprint density at radius 3 is 2.32 bits per heavy atom. The topological polar surface area (TPSA) is 36.7 Å². The summed E-state index contributed by atoms with van der Waals surface area (Å²) in [6.07, 6.45) is 1.90. The molecule has 1 aromatic heterocycles. The lowest BCUT2D eigenvalue weighted by Gasteiger charge is -2.22. The molecule has 0 aliphatic rings. The molecule has 113 valence electrons. The van der Waals surface area contributed by atoms with Gasteiger partial charge in [0.2, 0.25) is 0 Å². The van der Waals surface area contributed by atoms with Crippen molar-refractivity contribution in [2.75, 3.05) is 0 Å². The highest BCUT2D eigenvalue weighted by Crippen LogP contribution is 2.38. The van der Waals surface area contributed by atoms with Crippen LogP contribution >= 0.6 is 15.9 Å². The van der Waals surface area contributed by atoms with E-state index in [4.69, 9.17) is 0 Å². The zero-order chi connectivity index (χ0) is 16.3. The van der Waals surface area contributed by atoms with E-state index < -0.39 is 29.3 Å². The number of aromatic nitrogens is 1. The molecule has 0 amide bonds. The molecule has 1 radical (unpaired) electrons. The molecule has 1 aromatic carbocycles. The van der Waals surface area contributed by atoms with Crippen molar-refractivity contribution in [3.8, 4) is 6.07 Å². The fourth-order valence-electron chi connectivity index (χ4n) is 2.36. The van der Waals surface area contributed by atoms with Gasteiger partial charge < -0.3 is 0 Å². The van der Waals surface area contributed by atoms with E-state index in [1.807, 2.05) is 6.07 Å². The van der Waals surface area contributed by atoms with Gasteiger partial charge >= 0.3 is 0 Å². The van der Waals surface area contributed by atoms with Gasteiger partial charge in [0.1, 0.15) is 17.5 Å². The third-order valence-corrected chi connectivity index (χ3v) is 4.02. The zero-order valence-corrected chi connectivity index (χ0v) is 12.9. The lowest BCUT2D eigenvalue weighted by molar-refractivity contribution is 0.498. The van der Waals surface area contributed by atoms with Gasteiger partial charge in [0.05, 0.1) is 28.9 Å². The lowest BCUT2D eigenvalue weighted by atomic mass is 9.80. The van der Waals surface area contributed by atoms with E-state index in [0.29, 0.717) is 5.56 Å². The highest BCUT2D eigenvalue weighted by molar-refractivity contribution is 9.10. The predicted octanol–water partition coefficient (Wildman–Crippen LogP) is 4.88. The van der Waals surface area contributed by atoms with Gasteiger partial charge in [-0.3, -0.25) is 4.98 Å². The second kappa shape index (κ2) is 6.93. The van der Waals surface area contributed by atoms with E-state index in [1.54, 1.807) is 0 Å². The number of hydrogen-bond donors (Lipinski definition) is 0. The van der Waals surface area contributed by atoms with Crippen molar-refractivity contribution in [2.45, 2.75) is 18.3 Å². The number of halogens is 4. The summed E-state index contributed by atoms with van der Waals surface area (Å²) >= 11 is 3.04. The summed E-state index contributed by atoms with van der Waals surface area (Å²) in [6, 6.07) is 6.09. The Morgan fingerprint density at radius 1 is 1.18 bits per heavy atom. The highest BCUT2D eigenvalue weighted by atomic mass is 79.9. The first-order chi connectivity index (χ1) is 10.5. The van der Waals surface area contributed by atoms with Crippen LogP contribution in [0.4, 0.5) is 13.2 Å². The van der Waals surface area contributed by atoms with Crippen LogP contribution in [0.2, 0.25) is 0 Å². The van der Waals surface area contributed by atoms with E-state index in [9.17, 15) is 18.4 Å². The molecule has 2 aromatic rings. The Hall–Kier alpha value is -1.87. The quantitative estimate of drug-likeness (QED) is 0.772. The van der Waals surface area contributed by atoms with Crippen molar-refractivity contribution in [3.05, 3.63) is 70.6 Å². The number of nitrogens with zero attached hydrogens (tertiary/aromatic N) is 2. The fourth-order valence-corrected chi connectivity index (χ4v) is 2.75. The maximum Gasteiger partial charge on any atom is 0.147 e. The standard InChI is InChI=1S/C16H11BrF3N2/c1-2-10(16-14(19)7-22-8-15(16)20)11(6-21)9-3-4-13(18)12(17)5-9/h3-5,7-8,10-11H,1-2H2. The first-order valence-electron chi connectivity index (χ1n) is 6.42. The molecule has 0 aliphatic carbocycles. The second-order valence-electron chi connectivity index (χ2n) is 4.69. The molecular weight excluding hydrogens is 357 g/mol. The van der Waals surface area contributed by atoms with Gasteiger partial charge in [-0.2, -0.15) is 5.26 Å².